The first-order valence-electron chi connectivity index (χ1n) is 9.60. The molecule has 0 bridgehead atoms. The third kappa shape index (κ3) is 8.80. The molecular formula is C17H36IN5O3S. The number of hydrogen-bond acceptors (Lipinski definition) is 6. The normalized spacial score (nSPS) is 22.9. The van der Waals surface area contributed by atoms with E-state index >= 15 is 0 Å². The average Bonchev–Trinajstić information content (AvgIpc) is 2.62. The Labute approximate surface area is 181 Å². The van der Waals surface area contributed by atoms with Gasteiger partial charge in [-0.05, 0) is 5.92 Å². The number of rotatable bonds is 7. The van der Waals surface area contributed by atoms with Crippen LogP contribution in [0, 0.1) is 5.92 Å². The van der Waals surface area contributed by atoms with Crippen LogP contribution in [-0.2, 0) is 14.6 Å². The van der Waals surface area contributed by atoms with Gasteiger partial charge >= 0.3 is 0 Å². The van der Waals surface area contributed by atoms with E-state index in [0.29, 0.717) is 25.0 Å². The van der Waals surface area contributed by atoms with Crippen molar-refractivity contribution < 1.29 is 13.2 Å². The predicted molar refractivity (Wildman–Crippen MR) is 121 cm³/mol. The van der Waals surface area contributed by atoms with Gasteiger partial charge < -0.3 is 15.4 Å². The standard InChI is InChI=1S/C17H35N5O3S.HI/c1-15(2)16(22-6-10-25-11-7-22)14-20-17(18-3)19-4-5-21-8-12-26(23,24)13-9-21;/h15-16H,4-14H2,1-3H3,(H2,18,19,20);1H. The number of aliphatic imine (C=N–C) groups is 1. The van der Waals surface area contributed by atoms with Gasteiger partial charge in [-0.3, -0.25) is 14.8 Å². The van der Waals surface area contributed by atoms with Gasteiger partial charge in [0, 0.05) is 58.9 Å². The second kappa shape index (κ2) is 12.4. The van der Waals surface area contributed by atoms with Gasteiger partial charge in [-0.2, -0.15) is 0 Å². The fraction of sp³-hybridized carbons (Fsp3) is 0.941. The predicted octanol–water partition coefficient (Wildman–Crippen LogP) is -0.143. The van der Waals surface area contributed by atoms with Crippen molar-refractivity contribution in [2.75, 3.05) is 77.6 Å². The summed E-state index contributed by atoms with van der Waals surface area (Å²) in [5.41, 5.74) is 0. The third-order valence-electron chi connectivity index (χ3n) is 5.14. The Hall–Kier alpha value is -0.170. The summed E-state index contributed by atoms with van der Waals surface area (Å²) in [5, 5.41) is 6.78. The highest BCUT2D eigenvalue weighted by molar-refractivity contribution is 14.0. The molecular weight excluding hydrogens is 481 g/mol. The first-order chi connectivity index (χ1) is 12.4. The van der Waals surface area contributed by atoms with Crippen LogP contribution < -0.4 is 10.6 Å². The highest BCUT2D eigenvalue weighted by atomic mass is 127. The SMILES string of the molecule is CN=C(NCCN1CCS(=O)(=O)CC1)NCC(C(C)C)N1CCOCC1.I. The van der Waals surface area contributed by atoms with Gasteiger partial charge in [0.2, 0.25) is 0 Å². The van der Waals surface area contributed by atoms with E-state index in [-0.39, 0.29) is 35.5 Å². The number of hydrogen-bond donors (Lipinski definition) is 2. The molecule has 0 spiro atoms. The van der Waals surface area contributed by atoms with E-state index in [1.807, 2.05) is 0 Å². The lowest BCUT2D eigenvalue weighted by Crippen LogP contribution is -2.53. The molecule has 2 N–H and O–H groups in total. The van der Waals surface area contributed by atoms with Crippen molar-refractivity contribution in [1.82, 2.24) is 20.4 Å². The van der Waals surface area contributed by atoms with Crippen molar-refractivity contribution >= 4 is 39.8 Å². The molecule has 2 aliphatic rings. The van der Waals surface area contributed by atoms with Crippen molar-refractivity contribution in [3.05, 3.63) is 0 Å². The van der Waals surface area contributed by atoms with E-state index in [1.165, 1.54) is 0 Å². The molecule has 10 heteroatoms. The quantitative estimate of drug-likeness (QED) is 0.276. The van der Waals surface area contributed by atoms with Crippen LogP contribution in [0.2, 0.25) is 0 Å². The molecule has 0 amide bonds. The van der Waals surface area contributed by atoms with E-state index in [1.54, 1.807) is 7.05 Å². The first kappa shape index (κ1) is 24.9. The van der Waals surface area contributed by atoms with E-state index < -0.39 is 9.84 Å². The Bertz CT molecular complexity index is 539. The highest BCUT2D eigenvalue weighted by Gasteiger charge is 2.24. The monoisotopic (exact) mass is 517 g/mol. The molecule has 0 aromatic rings. The second-order valence-electron chi connectivity index (χ2n) is 7.33. The minimum absolute atomic E-state index is 0. The number of nitrogens with one attached hydrogen (secondary N) is 2. The molecule has 0 aromatic carbocycles. The Kier molecular flexibility index (Phi) is 11.4. The summed E-state index contributed by atoms with van der Waals surface area (Å²) < 4.78 is 28.4. The summed E-state index contributed by atoms with van der Waals surface area (Å²) in [6, 6.07) is 0.449. The average molecular weight is 517 g/mol. The summed E-state index contributed by atoms with van der Waals surface area (Å²) in [7, 11) is -1.03. The molecule has 1 atom stereocenters. The maximum Gasteiger partial charge on any atom is 0.191 e. The highest BCUT2D eigenvalue weighted by Crippen LogP contribution is 2.12. The van der Waals surface area contributed by atoms with Gasteiger partial charge in [0.25, 0.3) is 0 Å². The van der Waals surface area contributed by atoms with Crippen LogP contribution in [-0.4, -0.2) is 108 Å². The van der Waals surface area contributed by atoms with Gasteiger partial charge in [0.15, 0.2) is 15.8 Å². The number of ether oxygens (including phenoxy) is 1. The van der Waals surface area contributed by atoms with Crippen LogP contribution in [0.1, 0.15) is 13.8 Å². The largest absolute Gasteiger partial charge is 0.379 e. The van der Waals surface area contributed by atoms with E-state index in [0.717, 1.165) is 51.9 Å². The van der Waals surface area contributed by atoms with Gasteiger partial charge in [0.1, 0.15) is 0 Å². The first-order valence-corrected chi connectivity index (χ1v) is 11.4. The lowest BCUT2D eigenvalue weighted by Gasteiger charge is -2.37. The molecule has 1 unspecified atom stereocenters. The molecule has 8 nitrogen and oxygen atoms in total. The van der Waals surface area contributed by atoms with Crippen LogP contribution >= 0.6 is 24.0 Å². The summed E-state index contributed by atoms with van der Waals surface area (Å²) in [6.07, 6.45) is 0. The Morgan fingerprint density at radius 3 is 2.30 bits per heavy atom. The fourth-order valence-corrected chi connectivity index (χ4v) is 4.70. The Morgan fingerprint density at radius 2 is 1.74 bits per heavy atom. The van der Waals surface area contributed by atoms with Gasteiger partial charge in [-0.1, -0.05) is 13.8 Å². The molecule has 27 heavy (non-hydrogen) atoms. The molecule has 2 heterocycles. The minimum Gasteiger partial charge on any atom is -0.379 e. The van der Waals surface area contributed by atoms with Crippen LogP contribution in [0.25, 0.3) is 0 Å². The van der Waals surface area contributed by atoms with Crippen LogP contribution in [0.15, 0.2) is 4.99 Å². The second-order valence-corrected chi connectivity index (χ2v) is 9.64. The number of morpholine rings is 1. The maximum atomic E-state index is 11.5. The van der Waals surface area contributed by atoms with E-state index in [2.05, 4.69) is 39.3 Å². The number of guanidine groups is 1. The van der Waals surface area contributed by atoms with E-state index in [4.69, 9.17) is 4.74 Å². The van der Waals surface area contributed by atoms with Crippen LogP contribution in [0.3, 0.4) is 0 Å². The number of nitrogens with zero attached hydrogens (tertiary/aromatic N) is 3. The molecule has 0 radical (unpaired) electrons. The third-order valence-corrected chi connectivity index (χ3v) is 6.75. The molecule has 2 rings (SSSR count). The number of sulfone groups is 1. The Morgan fingerprint density at radius 1 is 1.11 bits per heavy atom. The summed E-state index contributed by atoms with van der Waals surface area (Å²) >= 11 is 0. The lowest BCUT2D eigenvalue weighted by molar-refractivity contribution is 0.00752. The smallest absolute Gasteiger partial charge is 0.191 e. The molecule has 0 aromatic heterocycles. The topological polar surface area (TPSA) is 86.3 Å². The molecule has 2 aliphatic heterocycles. The molecule has 0 saturated carbocycles. The summed E-state index contributed by atoms with van der Waals surface area (Å²) in [5.74, 6) is 1.90. The van der Waals surface area contributed by atoms with Crippen molar-refractivity contribution in [3.63, 3.8) is 0 Å². The molecule has 2 saturated heterocycles. The van der Waals surface area contributed by atoms with Crippen molar-refractivity contribution in [2.45, 2.75) is 19.9 Å². The summed E-state index contributed by atoms with van der Waals surface area (Å²) in [4.78, 5) is 8.98. The zero-order valence-corrected chi connectivity index (χ0v) is 20.0. The maximum absolute atomic E-state index is 11.5. The van der Waals surface area contributed by atoms with Crippen molar-refractivity contribution in [1.29, 1.82) is 0 Å². The minimum atomic E-state index is -2.81. The number of halogens is 1. The zero-order valence-electron chi connectivity index (χ0n) is 16.8. The van der Waals surface area contributed by atoms with Crippen LogP contribution in [0.4, 0.5) is 0 Å². The van der Waals surface area contributed by atoms with Crippen LogP contribution in [0.5, 0.6) is 0 Å². The van der Waals surface area contributed by atoms with Gasteiger partial charge in [-0.15, -0.1) is 24.0 Å². The Balaban J connectivity index is 0.00000364. The molecule has 0 aliphatic carbocycles. The van der Waals surface area contributed by atoms with Crippen molar-refractivity contribution in [3.8, 4) is 0 Å². The fourth-order valence-electron chi connectivity index (χ4n) is 3.42. The van der Waals surface area contributed by atoms with E-state index in [9.17, 15) is 8.42 Å². The summed E-state index contributed by atoms with van der Waals surface area (Å²) in [6.45, 7) is 11.8. The zero-order chi connectivity index (χ0) is 19.0. The molecule has 2 fully saturated rings. The van der Waals surface area contributed by atoms with Gasteiger partial charge in [0.05, 0.1) is 24.7 Å². The molecule has 160 valence electrons. The van der Waals surface area contributed by atoms with Gasteiger partial charge in [-0.25, -0.2) is 8.42 Å². The lowest BCUT2D eigenvalue weighted by atomic mass is 10.0. The van der Waals surface area contributed by atoms with Crippen molar-refractivity contribution in [2.24, 2.45) is 10.9 Å².